The number of allylic oxidation sites excluding steroid dienone is 1. The summed E-state index contributed by atoms with van der Waals surface area (Å²) < 4.78 is 5.49. The fourth-order valence-electron chi connectivity index (χ4n) is 4.84. The zero-order valence-electron chi connectivity index (χ0n) is 20.8. The second kappa shape index (κ2) is 12.5. The number of hydrogen-bond donors (Lipinski definition) is 3. The number of amides is 1. The fraction of sp³-hybridized carbons (Fsp3) is 0.370. The first-order valence-corrected chi connectivity index (χ1v) is 13.1. The van der Waals surface area contributed by atoms with E-state index in [4.69, 9.17) is 33.3 Å². The number of piperazine rings is 1. The van der Waals surface area contributed by atoms with E-state index < -0.39 is 5.91 Å². The monoisotopic (exact) mass is 541 g/mol. The van der Waals surface area contributed by atoms with Crippen molar-refractivity contribution in [2.45, 2.75) is 25.8 Å². The van der Waals surface area contributed by atoms with Gasteiger partial charge in [-0.1, -0.05) is 23.2 Å². The summed E-state index contributed by atoms with van der Waals surface area (Å²) in [7, 11) is 0. The number of hydrogen-bond acceptors (Lipinski definition) is 6. The SMILES string of the molecule is C/C([NH2+]c1ccc(Cl)c(Cl)c1)=C(/C=N)C(=O)Nc1ccc(N2CCN(C3CCOCC3)CC2)c(C#N)c1. The molecule has 0 aliphatic carbocycles. The number of ether oxygens (including phenoxy) is 1. The predicted molar refractivity (Wildman–Crippen MR) is 147 cm³/mol. The van der Waals surface area contributed by atoms with Crippen molar-refractivity contribution in [3.05, 3.63) is 63.3 Å². The lowest BCUT2D eigenvalue weighted by molar-refractivity contribution is -0.517. The molecule has 2 heterocycles. The number of rotatable bonds is 7. The van der Waals surface area contributed by atoms with Crippen molar-refractivity contribution in [1.29, 1.82) is 10.7 Å². The smallest absolute Gasteiger partial charge is 0.262 e. The maximum atomic E-state index is 13.0. The normalized spacial score (nSPS) is 17.6. The van der Waals surface area contributed by atoms with Gasteiger partial charge in [-0.2, -0.15) is 5.26 Å². The van der Waals surface area contributed by atoms with E-state index in [1.54, 1.807) is 42.6 Å². The molecule has 0 saturated carbocycles. The van der Waals surface area contributed by atoms with Gasteiger partial charge in [-0.05, 0) is 37.1 Å². The molecule has 0 aromatic heterocycles. The van der Waals surface area contributed by atoms with Gasteiger partial charge in [0, 0.05) is 76.4 Å². The van der Waals surface area contributed by atoms with E-state index in [0.717, 1.165) is 69.8 Å². The summed E-state index contributed by atoms with van der Waals surface area (Å²) in [6.07, 6.45) is 3.18. The van der Waals surface area contributed by atoms with Gasteiger partial charge in [-0.3, -0.25) is 15.0 Å². The summed E-state index contributed by atoms with van der Waals surface area (Å²) in [5, 5.41) is 23.1. The second-order valence-electron chi connectivity index (χ2n) is 9.22. The molecule has 0 atom stereocenters. The van der Waals surface area contributed by atoms with Crippen molar-refractivity contribution in [2.24, 2.45) is 0 Å². The molecule has 37 heavy (non-hydrogen) atoms. The number of nitrogens with one attached hydrogen (secondary N) is 2. The largest absolute Gasteiger partial charge is 0.381 e. The molecular formula is C27H31Cl2N6O2+. The summed E-state index contributed by atoms with van der Waals surface area (Å²) in [6, 6.07) is 13.4. The topological polar surface area (TPSA) is 109 Å². The maximum absolute atomic E-state index is 13.0. The zero-order chi connectivity index (χ0) is 26.4. The molecule has 1 amide bonds. The Labute approximate surface area is 227 Å². The highest BCUT2D eigenvalue weighted by Crippen LogP contribution is 2.27. The van der Waals surface area contributed by atoms with Crippen LogP contribution in [-0.4, -0.2) is 62.5 Å². The van der Waals surface area contributed by atoms with Crippen LogP contribution in [0.3, 0.4) is 0 Å². The molecule has 2 aromatic rings. The minimum atomic E-state index is -0.425. The summed E-state index contributed by atoms with van der Waals surface area (Å²) in [6.45, 7) is 7.03. The third-order valence-corrected chi connectivity index (χ3v) is 7.62. The summed E-state index contributed by atoms with van der Waals surface area (Å²) in [4.78, 5) is 17.7. The Morgan fingerprint density at radius 1 is 1.14 bits per heavy atom. The molecule has 194 valence electrons. The van der Waals surface area contributed by atoms with Crippen LogP contribution in [0.25, 0.3) is 0 Å². The Bertz CT molecular complexity index is 1230. The van der Waals surface area contributed by atoms with E-state index in [2.05, 4.69) is 21.2 Å². The summed E-state index contributed by atoms with van der Waals surface area (Å²) >= 11 is 12.1. The van der Waals surface area contributed by atoms with Crippen LogP contribution in [0.2, 0.25) is 10.0 Å². The van der Waals surface area contributed by atoms with Crippen LogP contribution >= 0.6 is 23.2 Å². The molecule has 2 fully saturated rings. The number of nitrogens with zero attached hydrogens (tertiary/aromatic N) is 3. The van der Waals surface area contributed by atoms with Crippen molar-refractivity contribution in [2.75, 3.05) is 49.6 Å². The Kier molecular flexibility index (Phi) is 9.19. The van der Waals surface area contributed by atoms with Crippen LogP contribution in [0.1, 0.15) is 25.3 Å². The van der Waals surface area contributed by atoms with Crippen LogP contribution < -0.4 is 15.5 Å². The molecule has 0 spiro atoms. The number of halogens is 2. The highest BCUT2D eigenvalue weighted by molar-refractivity contribution is 6.42. The number of carbonyl (C=O) groups is 1. The number of benzene rings is 2. The van der Waals surface area contributed by atoms with E-state index in [1.165, 1.54) is 0 Å². The van der Waals surface area contributed by atoms with Crippen LogP contribution in [0.5, 0.6) is 0 Å². The predicted octanol–water partition coefficient (Wildman–Crippen LogP) is 3.92. The molecule has 4 rings (SSSR count). The molecule has 2 saturated heterocycles. The maximum Gasteiger partial charge on any atom is 0.262 e. The molecule has 2 aromatic carbocycles. The van der Waals surface area contributed by atoms with Gasteiger partial charge in [-0.25, -0.2) is 0 Å². The first kappa shape index (κ1) is 27.1. The minimum absolute atomic E-state index is 0.206. The lowest BCUT2D eigenvalue weighted by atomic mass is 10.1. The Morgan fingerprint density at radius 2 is 1.86 bits per heavy atom. The highest BCUT2D eigenvalue weighted by atomic mass is 35.5. The molecule has 0 unspecified atom stereocenters. The average Bonchev–Trinajstić information content (AvgIpc) is 2.91. The first-order valence-electron chi connectivity index (χ1n) is 12.3. The van der Waals surface area contributed by atoms with Gasteiger partial charge in [0.2, 0.25) is 0 Å². The molecule has 8 nitrogen and oxygen atoms in total. The lowest BCUT2D eigenvalue weighted by Gasteiger charge is -2.41. The Balaban J connectivity index is 1.42. The number of anilines is 2. The minimum Gasteiger partial charge on any atom is -0.381 e. The Hall–Kier alpha value is -2.93. The van der Waals surface area contributed by atoms with E-state index in [1.807, 2.05) is 6.07 Å². The standard InChI is InChI=1S/C27H30Cl2N6O2/c1-18(32-21-2-4-24(28)25(29)15-21)23(17-31)27(36)33-20-3-5-26(19(14-20)16-30)35-10-8-34(9-11-35)22-6-12-37-13-7-22/h2-5,14-15,17,22,31-32H,6-13H2,1H3,(H,33,36)/p+1/b23-18+,31-17?. The van der Waals surface area contributed by atoms with Gasteiger partial charge >= 0.3 is 0 Å². The molecule has 10 heteroatoms. The summed E-state index contributed by atoms with van der Waals surface area (Å²) in [5.41, 5.74) is 3.47. The van der Waals surface area contributed by atoms with Gasteiger partial charge in [0.05, 0.1) is 21.3 Å². The first-order chi connectivity index (χ1) is 17.9. The fourth-order valence-corrected chi connectivity index (χ4v) is 5.15. The molecule has 0 bridgehead atoms. The van der Waals surface area contributed by atoms with Gasteiger partial charge in [0.15, 0.2) is 0 Å². The third-order valence-electron chi connectivity index (χ3n) is 6.88. The van der Waals surface area contributed by atoms with Crippen molar-refractivity contribution in [3.63, 3.8) is 0 Å². The number of nitriles is 1. The second-order valence-corrected chi connectivity index (χ2v) is 10.0. The molecular weight excluding hydrogens is 511 g/mol. The number of nitrogens with two attached hydrogens (primary N) is 1. The molecule has 2 aliphatic heterocycles. The van der Waals surface area contributed by atoms with Crippen molar-refractivity contribution >= 4 is 52.4 Å². The molecule has 2 aliphatic rings. The van der Waals surface area contributed by atoms with Gasteiger partial charge < -0.3 is 20.4 Å². The van der Waals surface area contributed by atoms with Gasteiger partial charge in [-0.15, -0.1) is 0 Å². The Morgan fingerprint density at radius 3 is 2.51 bits per heavy atom. The van der Waals surface area contributed by atoms with Crippen molar-refractivity contribution in [3.8, 4) is 6.07 Å². The van der Waals surface area contributed by atoms with Crippen LogP contribution in [0.15, 0.2) is 47.7 Å². The van der Waals surface area contributed by atoms with Crippen LogP contribution in [0.4, 0.5) is 17.1 Å². The van der Waals surface area contributed by atoms with E-state index >= 15 is 0 Å². The average molecular weight is 542 g/mol. The van der Waals surface area contributed by atoms with Crippen LogP contribution in [0, 0.1) is 16.7 Å². The van der Waals surface area contributed by atoms with Crippen molar-refractivity contribution in [1.82, 2.24) is 4.90 Å². The van der Waals surface area contributed by atoms with E-state index in [-0.39, 0.29) is 5.57 Å². The zero-order valence-corrected chi connectivity index (χ0v) is 22.3. The van der Waals surface area contributed by atoms with Gasteiger partial charge in [0.25, 0.3) is 5.91 Å². The highest BCUT2D eigenvalue weighted by Gasteiger charge is 2.26. The van der Waals surface area contributed by atoms with Crippen LogP contribution in [-0.2, 0) is 9.53 Å². The van der Waals surface area contributed by atoms with Gasteiger partial charge in [0.1, 0.15) is 23.0 Å². The number of quaternary nitrogens is 1. The summed E-state index contributed by atoms with van der Waals surface area (Å²) in [5.74, 6) is -0.425. The lowest BCUT2D eigenvalue weighted by Crippen LogP contribution is -2.75. The van der Waals surface area contributed by atoms with Crippen molar-refractivity contribution < 1.29 is 14.8 Å². The third kappa shape index (κ3) is 6.69. The molecule has 0 radical (unpaired) electrons. The quantitative estimate of drug-likeness (QED) is 0.279. The van der Waals surface area contributed by atoms with E-state index in [9.17, 15) is 10.1 Å². The number of carbonyl (C=O) groups excluding carboxylic acids is 1. The molecule has 4 N–H and O–H groups in total. The van der Waals surface area contributed by atoms with E-state index in [0.29, 0.717) is 33.0 Å².